The Bertz CT molecular complexity index is 535. The highest BCUT2D eigenvalue weighted by Crippen LogP contribution is 2.22. The van der Waals surface area contributed by atoms with E-state index in [0.717, 1.165) is 12.1 Å². The van der Waals surface area contributed by atoms with E-state index in [4.69, 9.17) is 5.26 Å². The highest BCUT2D eigenvalue weighted by atomic mass is 79.9. The van der Waals surface area contributed by atoms with Crippen LogP contribution in [0.2, 0.25) is 0 Å². The minimum absolute atomic E-state index is 0.219. The highest BCUT2D eigenvalue weighted by Gasteiger charge is 2.30. The van der Waals surface area contributed by atoms with Gasteiger partial charge in [-0.25, -0.2) is 8.78 Å². The van der Waals surface area contributed by atoms with Gasteiger partial charge in [0.05, 0.1) is 6.07 Å². The lowest BCUT2D eigenvalue weighted by molar-refractivity contribution is 0.0677. The van der Waals surface area contributed by atoms with Gasteiger partial charge in [0.1, 0.15) is 23.2 Å². The monoisotopic (exact) mass is 329 g/mol. The molecule has 1 aromatic rings. The van der Waals surface area contributed by atoms with Gasteiger partial charge in [-0.3, -0.25) is 4.79 Å². The molecular formula is C12H10BrF2N3O. The molecule has 0 saturated carbocycles. The number of nitrogens with one attached hydrogen (secondary N) is 1. The van der Waals surface area contributed by atoms with Crippen LogP contribution in [0.4, 0.5) is 8.78 Å². The van der Waals surface area contributed by atoms with E-state index in [1.54, 1.807) is 0 Å². The molecule has 1 amide bonds. The summed E-state index contributed by atoms with van der Waals surface area (Å²) in [6.45, 7) is 1.03. The molecule has 7 heteroatoms. The van der Waals surface area contributed by atoms with E-state index < -0.39 is 29.1 Å². The van der Waals surface area contributed by atoms with Crippen LogP contribution < -0.4 is 5.32 Å². The van der Waals surface area contributed by atoms with E-state index in [9.17, 15) is 13.6 Å². The Morgan fingerprint density at radius 3 is 2.68 bits per heavy atom. The van der Waals surface area contributed by atoms with Crippen molar-refractivity contribution in [1.29, 1.82) is 5.26 Å². The summed E-state index contributed by atoms with van der Waals surface area (Å²) >= 11 is 2.95. The molecule has 1 atom stereocenters. The summed E-state index contributed by atoms with van der Waals surface area (Å²) in [5.41, 5.74) is -0.620. The fraction of sp³-hybridized carbons (Fsp3) is 0.333. The average Bonchev–Trinajstić information content (AvgIpc) is 2.37. The largest absolute Gasteiger partial charge is 0.320 e. The Hall–Kier alpha value is -1.52. The number of rotatable bonds is 1. The van der Waals surface area contributed by atoms with Crippen molar-refractivity contribution in [2.75, 3.05) is 19.6 Å². The number of hydrogen-bond donors (Lipinski definition) is 1. The number of nitriles is 1. The minimum Gasteiger partial charge on any atom is -0.320 e. The Balaban J connectivity index is 2.36. The fourth-order valence-electron chi connectivity index (χ4n) is 1.95. The SMILES string of the molecule is N#CC1CNCCN1C(=O)c1c(F)cc(Br)cc1F. The van der Waals surface area contributed by atoms with E-state index in [2.05, 4.69) is 21.2 Å². The summed E-state index contributed by atoms with van der Waals surface area (Å²) in [5.74, 6) is -2.67. The van der Waals surface area contributed by atoms with Crippen molar-refractivity contribution in [3.63, 3.8) is 0 Å². The third-order valence-electron chi connectivity index (χ3n) is 2.87. The normalized spacial score (nSPS) is 19.1. The summed E-state index contributed by atoms with van der Waals surface area (Å²) in [7, 11) is 0. The fourth-order valence-corrected chi connectivity index (χ4v) is 2.35. The van der Waals surface area contributed by atoms with Gasteiger partial charge in [-0.05, 0) is 12.1 Å². The maximum absolute atomic E-state index is 13.7. The van der Waals surface area contributed by atoms with Crippen molar-refractivity contribution >= 4 is 21.8 Å². The molecule has 1 N–H and O–H groups in total. The van der Waals surface area contributed by atoms with Gasteiger partial charge in [-0.1, -0.05) is 15.9 Å². The Morgan fingerprint density at radius 1 is 1.47 bits per heavy atom. The van der Waals surface area contributed by atoms with Gasteiger partial charge in [-0.15, -0.1) is 0 Å². The lowest BCUT2D eigenvalue weighted by Gasteiger charge is -2.32. The summed E-state index contributed by atoms with van der Waals surface area (Å²) in [6.07, 6.45) is 0. The third-order valence-corrected chi connectivity index (χ3v) is 3.33. The zero-order valence-electron chi connectivity index (χ0n) is 9.79. The first-order valence-corrected chi connectivity index (χ1v) is 6.39. The van der Waals surface area contributed by atoms with Crippen LogP contribution in [0.25, 0.3) is 0 Å². The van der Waals surface area contributed by atoms with Crippen molar-refractivity contribution in [2.45, 2.75) is 6.04 Å². The number of carbonyl (C=O) groups is 1. The molecule has 1 aliphatic rings. The van der Waals surface area contributed by atoms with E-state index in [1.165, 1.54) is 4.90 Å². The van der Waals surface area contributed by atoms with E-state index >= 15 is 0 Å². The second-order valence-corrected chi connectivity index (χ2v) is 5.01. The summed E-state index contributed by atoms with van der Waals surface area (Å²) in [4.78, 5) is 13.4. The molecule has 1 heterocycles. The lowest BCUT2D eigenvalue weighted by atomic mass is 10.1. The predicted octanol–water partition coefficient (Wildman–Crippen LogP) is 1.66. The van der Waals surface area contributed by atoms with Gasteiger partial charge >= 0.3 is 0 Å². The molecule has 0 aliphatic carbocycles. The maximum Gasteiger partial charge on any atom is 0.260 e. The number of hydrogen-bond acceptors (Lipinski definition) is 3. The molecule has 4 nitrogen and oxygen atoms in total. The number of halogens is 3. The number of nitrogens with zero attached hydrogens (tertiary/aromatic N) is 2. The van der Waals surface area contributed by atoms with E-state index in [-0.39, 0.29) is 11.0 Å². The van der Waals surface area contributed by atoms with Crippen LogP contribution in [-0.4, -0.2) is 36.5 Å². The van der Waals surface area contributed by atoms with Gasteiger partial charge in [0.2, 0.25) is 0 Å². The van der Waals surface area contributed by atoms with E-state index in [0.29, 0.717) is 13.1 Å². The van der Waals surface area contributed by atoms with Crippen molar-refractivity contribution < 1.29 is 13.6 Å². The molecule has 1 fully saturated rings. The van der Waals surface area contributed by atoms with Crippen LogP contribution in [0.5, 0.6) is 0 Å². The first-order valence-electron chi connectivity index (χ1n) is 5.60. The average molecular weight is 330 g/mol. The summed E-state index contributed by atoms with van der Waals surface area (Å²) in [6, 6.07) is 3.28. The molecule has 0 bridgehead atoms. The van der Waals surface area contributed by atoms with Crippen LogP contribution in [0.1, 0.15) is 10.4 Å². The van der Waals surface area contributed by atoms with Crippen LogP contribution in [0.3, 0.4) is 0 Å². The number of amides is 1. The molecular weight excluding hydrogens is 320 g/mol. The van der Waals surface area contributed by atoms with E-state index in [1.807, 2.05) is 6.07 Å². The molecule has 0 aromatic heterocycles. The molecule has 1 unspecified atom stereocenters. The smallest absolute Gasteiger partial charge is 0.260 e. The molecule has 1 aromatic carbocycles. The van der Waals surface area contributed by atoms with Gasteiger partial charge in [0, 0.05) is 24.1 Å². The maximum atomic E-state index is 13.7. The minimum atomic E-state index is -0.938. The van der Waals surface area contributed by atoms with Gasteiger partial charge in [0.15, 0.2) is 0 Å². The van der Waals surface area contributed by atoms with Crippen LogP contribution in [-0.2, 0) is 0 Å². The molecule has 1 aliphatic heterocycles. The molecule has 1 saturated heterocycles. The van der Waals surface area contributed by atoms with Crippen LogP contribution >= 0.6 is 15.9 Å². The third kappa shape index (κ3) is 2.74. The number of piperazine rings is 1. The van der Waals surface area contributed by atoms with Gasteiger partial charge in [-0.2, -0.15) is 5.26 Å². The predicted molar refractivity (Wildman–Crippen MR) is 67.4 cm³/mol. The summed E-state index contributed by atoms with van der Waals surface area (Å²) < 4.78 is 27.7. The Morgan fingerprint density at radius 2 is 2.11 bits per heavy atom. The molecule has 100 valence electrons. The second kappa shape index (κ2) is 5.63. The Kier molecular flexibility index (Phi) is 4.12. The van der Waals surface area contributed by atoms with Crippen molar-refractivity contribution in [3.05, 3.63) is 33.8 Å². The zero-order valence-corrected chi connectivity index (χ0v) is 11.4. The van der Waals surface area contributed by atoms with Crippen molar-refractivity contribution in [3.8, 4) is 6.07 Å². The summed E-state index contributed by atoms with van der Waals surface area (Å²) in [5, 5.41) is 11.9. The van der Waals surface area contributed by atoms with Crippen LogP contribution in [0.15, 0.2) is 16.6 Å². The molecule has 2 rings (SSSR count). The first kappa shape index (κ1) is 13.9. The highest BCUT2D eigenvalue weighted by molar-refractivity contribution is 9.10. The quantitative estimate of drug-likeness (QED) is 0.852. The van der Waals surface area contributed by atoms with Gasteiger partial charge < -0.3 is 10.2 Å². The van der Waals surface area contributed by atoms with Crippen molar-refractivity contribution in [1.82, 2.24) is 10.2 Å². The second-order valence-electron chi connectivity index (χ2n) is 4.09. The van der Waals surface area contributed by atoms with Crippen LogP contribution in [0, 0.1) is 23.0 Å². The molecule has 0 radical (unpaired) electrons. The standard InChI is InChI=1S/C12H10BrF2N3O/c13-7-3-9(14)11(10(15)4-7)12(19)18-2-1-17-6-8(18)5-16/h3-4,8,17H,1-2,6H2. The van der Waals surface area contributed by atoms with Gasteiger partial charge in [0.25, 0.3) is 5.91 Å². The first-order chi connectivity index (χ1) is 9.04. The van der Waals surface area contributed by atoms with Crippen molar-refractivity contribution in [2.24, 2.45) is 0 Å². The lowest BCUT2D eigenvalue weighted by Crippen LogP contribution is -2.53. The molecule has 0 spiro atoms. The number of benzene rings is 1. The topological polar surface area (TPSA) is 56.1 Å². The zero-order chi connectivity index (χ0) is 14.0. The Labute approximate surface area is 117 Å². The number of carbonyl (C=O) groups excluding carboxylic acids is 1. The molecule has 19 heavy (non-hydrogen) atoms.